The molecule has 0 radical (unpaired) electrons. The lowest BCUT2D eigenvalue weighted by Gasteiger charge is -2.22. The summed E-state index contributed by atoms with van der Waals surface area (Å²) in [7, 11) is 4.88. The van der Waals surface area contributed by atoms with Crippen LogP contribution in [0.5, 0.6) is 17.2 Å². The lowest BCUT2D eigenvalue weighted by Crippen LogP contribution is -2.38. The van der Waals surface area contributed by atoms with Gasteiger partial charge in [-0.15, -0.1) is 6.58 Å². The summed E-state index contributed by atoms with van der Waals surface area (Å²) in [6.07, 6.45) is 1.73. The van der Waals surface area contributed by atoms with E-state index in [4.69, 9.17) is 14.2 Å². The highest BCUT2D eigenvalue weighted by molar-refractivity contribution is 5.79. The molecule has 0 heterocycles. The van der Waals surface area contributed by atoms with Crippen LogP contribution in [0.4, 0.5) is 0 Å². The van der Waals surface area contributed by atoms with E-state index in [0.29, 0.717) is 23.8 Å². The van der Waals surface area contributed by atoms with Gasteiger partial charge in [-0.05, 0) is 38.6 Å². The van der Waals surface area contributed by atoms with E-state index < -0.39 is 6.04 Å². The van der Waals surface area contributed by atoms with Gasteiger partial charge < -0.3 is 14.2 Å². The number of nitrogens with zero attached hydrogens (tertiary/aromatic N) is 1. The number of methoxy groups -OCH3 is 2. The molecular weight excluding hydrogens is 270 g/mol. The number of hydrogen-bond acceptors (Lipinski definition) is 5. The fraction of sp³-hybridized carbons (Fsp3) is 0.438. The summed E-state index contributed by atoms with van der Waals surface area (Å²) >= 11 is 0. The average molecular weight is 293 g/mol. The van der Waals surface area contributed by atoms with Gasteiger partial charge in [-0.25, -0.2) is 4.79 Å². The van der Waals surface area contributed by atoms with Crippen LogP contribution in [-0.2, 0) is 4.79 Å². The summed E-state index contributed by atoms with van der Waals surface area (Å²) in [5.74, 6) is 0.867. The molecule has 116 valence electrons. The molecule has 5 nitrogen and oxygen atoms in total. The SMILES string of the molecule is C=CCN(C)C(C)C(=O)Oc1c(OC)cc(C)cc1OC. The van der Waals surface area contributed by atoms with Crippen molar-refractivity contribution in [1.29, 1.82) is 0 Å². The quantitative estimate of drug-likeness (QED) is 0.439. The molecule has 1 aromatic carbocycles. The highest BCUT2D eigenvalue weighted by Gasteiger charge is 2.23. The summed E-state index contributed by atoms with van der Waals surface area (Å²) < 4.78 is 16.0. The molecule has 0 amide bonds. The summed E-state index contributed by atoms with van der Waals surface area (Å²) in [4.78, 5) is 14.1. The highest BCUT2D eigenvalue weighted by atomic mass is 16.6. The zero-order valence-electron chi connectivity index (χ0n) is 13.3. The maximum Gasteiger partial charge on any atom is 0.328 e. The molecule has 0 aromatic heterocycles. The van der Waals surface area contributed by atoms with Crippen molar-refractivity contribution in [1.82, 2.24) is 4.90 Å². The van der Waals surface area contributed by atoms with Crippen LogP contribution >= 0.6 is 0 Å². The molecule has 0 saturated heterocycles. The van der Waals surface area contributed by atoms with E-state index >= 15 is 0 Å². The first-order valence-electron chi connectivity index (χ1n) is 6.70. The minimum atomic E-state index is -0.404. The first-order chi connectivity index (χ1) is 9.94. The molecule has 1 unspecified atom stereocenters. The van der Waals surface area contributed by atoms with E-state index in [-0.39, 0.29) is 5.97 Å². The molecule has 0 spiro atoms. The predicted octanol–water partition coefficient (Wildman–Crippen LogP) is 2.42. The largest absolute Gasteiger partial charge is 0.493 e. The minimum absolute atomic E-state index is 0.300. The van der Waals surface area contributed by atoms with Crippen LogP contribution in [0, 0.1) is 6.92 Å². The third-order valence-corrected chi connectivity index (χ3v) is 3.23. The maximum absolute atomic E-state index is 12.2. The van der Waals surface area contributed by atoms with E-state index in [0.717, 1.165) is 5.56 Å². The third-order valence-electron chi connectivity index (χ3n) is 3.23. The Morgan fingerprint density at radius 1 is 1.33 bits per heavy atom. The average Bonchev–Trinajstić information content (AvgIpc) is 2.47. The molecule has 1 atom stereocenters. The smallest absolute Gasteiger partial charge is 0.328 e. The lowest BCUT2D eigenvalue weighted by molar-refractivity contribution is -0.139. The number of carbonyl (C=O) groups is 1. The van der Waals surface area contributed by atoms with E-state index in [9.17, 15) is 4.79 Å². The molecule has 0 bridgehead atoms. The van der Waals surface area contributed by atoms with Gasteiger partial charge in [0.25, 0.3) is 0 Å². The standard InChI is InChI=1S/C16H23NO4/c1-7-8-17(4)12(3)16(18)21-15-13(19-5)9-11(2)10-14(15)20-6/h7,9-10,12H,1,8H2,2-6H3. The van der Waals surface area contributed by atoms with Gasteiger partial charge in [0, 0.05) is 6.54 Å². The summed E-state index contributed by atoms with van der Waals surface area (Å²) in [5, 5.41) is 0. The van der Waals surface area contributed by atoms with Crippen molar-refractivity contribution in [3.63, 3.8) is 0 Å². The van der Waals surface area contributed by atoms with Crippen molar-refractivity contribution >= 4 is 5.97 Å². The van der Waals surface area contributed by atoms with Crippen LogP contribution in [0.2, 0.25) is 0 Å². The molecule has 0 aliphatic carbocycles. The number of hydrogen-bond donors (Lipinski definition) is 0. The van der Waals surface area contributed by atoms with Gasteiger partial charge in [0.05, 0.1) is 14.2 Å². The topological polar surface area (TPSA) is 48.0 Å². The summed E-state index contributed by atoms with van der Waals surface area (Å²) in [6.45, 7) is 7.94. The van der Waals surface area contributed by atoms with Crippen LogP contribution in [0.1, 0.15) is 12.5 Å². The molecule has 0 fully saturated rings. The van der Waals surface area contributed by atoms with Crippen molar-refractivity contribution in [2.45, 2.75) is 19.9 Å². The number of likely N-dealkylation sites (N-methyl/N-ethyl adjacent to an activating group) is 1. The Morgan fingerprint density at radius 2 is 1.86 bits per heavy atom. The Labute approximate surface area is 126 Å². The molecule has 0 aliphatic rings. The molecule has 5 heteroatoms. The molecule has 0 aliphatic heterocycles. The zero-order valence-corrected chi connectivity index (χ0v) is 13.3. The Morgan fingerprint density at radius 3 is 2.29 bits per heavy atom. The molecule has 0 N–H and O–H groups in total. The predicted molar refractivity (Wildman–Crippen MR) is 82.2 cm³/mol. The summed E-state index contributed by atoms with van der Waals surface area (Å²) in [5.41, 5.74) is 0.959. The Kier molecular flexibility index (Phi) is 6.24. The second-order valence-corrected chi connectivity index (χ2v) is 4.82. The van der Waals surface area contributed by atoms with Crippen LogP contribution in [-0.4, -0.2) is 44.7 Å². The third kappa shape index (κ3) is 4.23. The van der Waals surface area contributed by atoms with Gasteiger partial charge in [-0.1, -0.05) is 6.08 Å². The van der Waals surface area contributed by atoms with Crippen LogP contribution in [0.15, 0.2) is 24.8 Å². The van der Waals surface area contributed by atoms with Crippen molar-refractivity contribution in [2.75, 3.05) is 27.8 Å². The van der Waals surface area contributed by atoms with Gasteiger partial charge >= 0.3 is 5.97 Å². The maximum atomic E-state index is 12.2. The van der Waals surface area contributed by atoms with Gasteiger partial charge in [-0.2, -0.15) is 0 Å². The van der Waals surface area contributed by atoms with E-state index in [1.807, 2.05) is 18.9 Å². The molecule has 1 rings (SSSR count). The number of benzene rings is 1. The number of rotatable bonds is 7. The molecule has 21 heavy (non-hydrogen) atoms. The van der Waals surface area contributed by atoms with Crippen molar-refractivity contribution < 1.29 is 19.0 Å². The number of esters is 1. The van der Waals surface area contributed by atoms with Crippen LogP contribution in [0.25, 0.3) is 0 Å². The van der Waals surface area contributed by atoms with Crippen LogP contribution in [0.3, 0.4) is 0 Å². The van der Waals surface area contributed by atoms with Gasteiger partial charge in [0.2, 0.25) is 5.75 Å². The van der Waals surface area contributed by atoms with E-state index in [2.05, 4.69) is 6.58 Å². The number of aryl methyl sites for hydroxylation is 1. The number of carbonyl (C=O) groups excluding carboxylic acids is 1. The normalized spacial score (nSPS) is 11.9. The van der Waals surface area contributed by atoms with Crippen molar-refractivity contribution in [3.05, 3.63) is 30.4 Å². The van der Waals surface area contributed by atoms with Crippen LogP contribution < -0.4 is 14.2 Å². The van der Waals surface area contributed by atoms with Gasteiger partial charge in [0.1, 0.15) is 6.04 Å². The fourth-order valence-corrected chi connectivity index (χ4v) is 1.84. The van der Waals surface area contributed by atoms with Gasteiger partial charge in [-0.3, -0.25) is 4.90 Å². The Hall–Kier alpha value is -2.01. The molecular formula is C16H23NO4. The van der Waals surface area contributed by atoms with E-state index in [1.165, 1.54) is 14.2 Å². The second kappa shape index (κ2) is 7.69. The van der Waals surface area contributed by atoms with Crippen molar-refractivity contribution in [2.24, 2.45) is 0 Å². The molecule has 1 aromatic rings. The fourth-order valence-electron chi connectivity index (χ4n) is 1.84. The zero-order chi connectivity index (χ0) is 16.0. The first kappa shape index (κ1) is 17.0. The summed E-state index contributed by atoms with van der Waals surface area (Å²) in [6, 6.07) is 3.19. The molecule has 0 saturated carbocycles. The highest BCUT2D eigenvalue weighted by Crippen LogP contribution is 2.38. The second-order valence-electron chi connectivity index (χ2n) is 4.82. The van der Waals surface area contributed by atoms with Gasteiger partial charge in [0.15, 0.2) is 11.5 Å². The Bertz CT molecular complexity index is 488. The lowest BCUT2D eigenvalue weighted by atomic mass is 10.2. The van der Waals surface area contributed by atoms with Crippen molar-refractivity contribution in [3.8, 4) is 17.2 Å². The first-order valence-corrected chi connectivity index (χ1v) is 6.70. The monoisotopic (exact) mass is 293 g/mol. The van der Waals surface area contributed by atoms with E-state index in [1.54, 1.807) is 25.1 Å². The Balaban J connectivity index is 3.01. The number of ether oxygens (including phenoxy) is 3. The minimum Gasteiger partial charge on any atom is -0.493 e.